The van der Waals surface area contributed by atoms with Gasteiger partial charge >= 0.3 is 0 Å². The molecule has 0 unspecified atom stereocenters. The Labute approximate surface area is 155 Å². The normalized spacial score (nSPS) is 19.9. The van der Waals surface area contributed by atoms with Crippen LogP contribution in [0.2, 0.25) is 0 Å². The minimum absolute atomic E-state index is 0.228. The van der Waals surface area contributed by atoms with Crippen LogP contribution in [0.3, 0.4) is 0 Å². The van der Waals surface area contributed by atoms with E-state index in [1.807, 2.05) is 18.3 Å². The summed E-state index contributed by atoms with van der Waals surface area (Å²) < 4.78 is 0. The molecule has 1 aromatic carbocycles. The lowest BCUT2D eigenvalue weighted by molar-refractivity contribution is -0.124. The predicted octanol–water partition coefficient (Wildman–Crippen LogP) is 3.20. The van der Waals surface area contributed by atoms with E-state index in [0.29, 0.717) is 6.04 Å². The molecule has 1 aliphatic carbocycles. The molecule has 26 heavy (non-hydrogen) atoms. The van der Waals surface area contributed by atoms with Crippen LogP contribution < -0.4 is 5.32 Å². The second-order valence-electron chi connectivity index (χ2n) is 7.80. The fourth-order valence-electron chi connectivity index (χ4n) is 3.99. The zero-order valence-electron chi connectivity index (χ0n) is 15.4. The number of hydrogen-bond donors (Lipinski definition) is 1. The maximum atomic E-state index is 12.9. The molecule has 1 aromatic heterocycles. The van der Waals surface area contributed by atoms with E-state index in [2.05, 4.69) is 52.5 Å². The number of rotatable bonds is 5. The third-order valence-electron chi connectivity index (χ3n) is 5.79. The number of amides is 1. The molecule has 0 radical (unpaired) electrons. The Hall–Kier alpha value is -2.20. The molecule has 1 saturated carbocycles. The zero-order chi connectivity index (χ0) is 18.0. The number of nitrogens with zero attached hydrogens (tertiary/aromatic N) is 2. The van der Waals surface area contributed by atoms with Crippen molar-refractivity contribution in [3.8, 4) is 0 Å². The highest BCUT2D eigenvalue weighted by Crippen LogP contribution is 2.48. The minimum Gasteiger partial charge on any atom is -0.353 e. The number of hydrogen-bond acceptors (Lipinski definition) is 3. The first-order valence-corrected chi connectivity index (χ1v) is 9.66. The van der Waals surface area contributed by atoms with Crippen LogP contribution in [0, 0.1) is 6.92 Å². The SMILES string of the molecule is Cc1cccc(C2(C(=O)NC3CCN(Cc4ccccn4)CC3)CC2)c1. The Morgan fingerprint density at radius 2 is 2.00 bits per heavy atom. The van der Waals surface area contributed by atoms with Gasteiger partial charge in [-0.15, -0.1) is 0 Å². The molecule has 0 spiro atoms. The van der Waals surface area contributed by atoms with E-state index in [9.17, 15) is 4.79 Å². The first-order chi connectivity index (χ1) is 12.7. The Morgan fingerprint density at radius 1 is 1.19 bits per heavy atom. The first kappa shape index (κ1) is 17.2. The van der Waals surface area contributed by atoms with Crippen molar-refractivity contribution in [2.45, 2.75) is 50.6 Å². The van der Waals surface area contributed by atoms with Crippen molar-refractivity contribution in [1.29, 1.82) is 0 Å². The molecule has 4 rings (SSSR count). The highest BCUT2D eigenvalue weighted by atomic mass is 16.2. The third-order valence-corrected chi connectivity index (χ3v) is 5.79. The van der Waals surface area contributed by atoms with Gasteiger partial charge in [0.2, 0.25) is 5.91 Å². The van der Waals surface area contributed by atoms with Crippen LogP contribution in [-0.4, -0.2) is 34.9 Å². The predicted molar refractivity (Wildman–Crippen MR) is 103 cm³/mol. The van der Waals surface area contributed by atoms with Gasteiger partial charge in [-0.1, -0.05) is 35.9 Å². The van der Waals surface area contributed by atoms with Crippen molar-refractivity contribution in [2.24, 2.45) is 0 Å². The zero-order valence-corrected chi connectivity index (χ0v) is 15.4. The molecule has 2 heterocycles. The molecule has 4 heteroatoms. The lowest BCUT2D eigenvalue weighted by Crippen LogP contribution is -2.47. The van der Waals surface area contributed by atoms with E-state index in [0.717, 1.165) is 51.0 Å². The topological polar surface area (TPSA) is 45.2 Å². The number of pyridine rings is 1. The van der Waals surface area contributed by atoms with Gasteiger partial charge in [-0.25, -0.2) is 0 Å². The molecule has 0 bridgehead atoms. The largest absolute Gasteiger partial charge is 0.353 e. The van der Waals surface area contributed by atoms with Gasteiger partial charge in [-0.2, -0.15) is 0 Å². The lowest BCUT2D eigenvalue weighted by Gasteiger charge is -2.33. The van der Waals surface area contributed by atoms with Gasteiger partial charge in [-0.05, 0) is 50.3 Å². The van der Waals surface area contributed by atoms with Crippen molar-refractivity contribution < 1.29 is 4.79 Å². The molecule has 1 amide bonds. The number of aromatic nitrogens is 1. The standard InChI is InChI=1S/C22H27N3O/c1-17-5-4-6-18(15-17)22(10-11-22)21(26)24-19-8-13-25(14-9-19)16-20-7-2-3-12-23-20/h2-7,12,15,19H,8-11,13-14,16H2,1H3,(H,24,26). The van der Waals surface area contributed by atoms with Gasteiger partial charge in [0.1, 0.15) is 0 Å². The van der Waals surface area contributed by atoms with Gasteiger partial charge in [0.25, 0.3) is 0 Å². The monoisotopic (exact) mass is 349 g/mol. The van der Waals surface area contributed by atoms with Crippen molar-refractivity contribution >= 4 is 5.91 Å². The van der Waals surface area contributed by atoms with Crippen molar-refractivity contribution in [3.63, 3.8) is 0 Å². The fourth-order valence-corrected chi connectivity index (χ4v) is 3.99. The molecule has 1 aliphatic heterocycles. The van der Waals surface area contributed by atoms with Crippen LogP contribution in [0.4, 0.5) is 0 Å². The van der Waals surface area contributed by atoms with E-state index < -0.39 is 0 Å². The fraction of sp³-hybridized carbons (Fsp3) is 0.455. The quantitative estimate of drug-likeness (QED) is 0.902. The van der Waals surface area contributed by atoms with Crippen LogP contribution in [0.25, 0.3) is 0 Å². The van der Waals surface area contributed by atoms with E-state index in [1.54, 1.807) is 0 Å². The molecule has 0 atom stereocenters. The summed E-state index contributed by atoms with van der Waals surface area (Å²) in [6, 6.07) is 14.8. The highest BCUT2D eigenvalue weighted by Gasteiger charge is 2.51. The molecule has 2 aromatic rings. The summed E-state index contributed by atoms with van der Waals surface area (Å²) in [6.45, 7) is 5.02. The molecule has 1 saturated heterocycles. The summed E-state index contributed by atoms with van der Waals surface area (Å²) in [5.74, 6) is 0.228. The Balaban J connectivity index is 1.31. The Bertz CT molecular complexity index is 762. The highest BCUT2D eigenvalue weighted by molar-refractivity contribution is 5.91. The molecule has 136 valence electrons. The minimum atomic E-state index is -0.267. The van der Waals surface area contributed by atoms with Gasteiger partial charge in [0.15, 0.2) is 0 Å². The van der Waals surface area contributed by atoms with Crippen LogP contribution in [0.1, 0.15) is 42.5 Å². The molecule has 2 aliphatic rings. The maximum Gasteiger partial charge on any atom is 0.230 e. The van der Waals surface area contributed by atoms with Crippen LogP contribution >= 0.6 is 0 Å². The summed E-state index contributed by atoms with van der Waals surface area (Å²) in [7, 11) is 0. The summed E-state index contributed by atoms with van der Waals surface area (Å²) in [5.41, 5.74) is 3.26. The van der Waals surface area contributed by atoms with E-state index in [4.69, 9.17) is 0 Å². The van der Waals surface area contributed by atoms with E-state index in [-0.39, 0.29) is 11.3 Å². The third kappa shape index (κ3) is 3.65. The van der Waals surface area contributed by atoms with E-state index >= 15 is 0 Å². The average molecular weight is 349 g/mol. The molecule has 2 fully saturated rings. The van der Waals surface area contributed by atoms with Crippen LogP contribution in [0.15, 0.2) is 48.7 Å². The number of benzene rings is 1. The van der Waals surface area contributed by atoms with Crippen LogP contribution in [-0.2, 0) is 16.8 Å². The smallest absolute Gasteiger partial charge is 0.230 e. The Kier molecular flexibility index (Phi) is 4.77. The lowest BCUT2D eigenvalue weighted by atomic mass is 9.92. The maximum absolute atomic E-state index is 12.9. The average Bonchev–Trinajstić information content (AvgIpc) is 3.46. The van der Waals surface area contributed by atoms with Gasteiger partial charge in [0, 0.05) is 31.9 Å². The number of aryl methyl sites for hydroxylation is 1. The summed E-state index contributed by atoms with van der Waals surface area (Å²) in [6.07, 6.45) is 5.83. The van der Waals surface area contributed by atoms with Gasteiger partial charge in [-0.3, -0.25) is 14.7 Å². The summed E-state index contributed by atoms with van der Waals surface area (Å²) >= 11 is 0. The van der Waals surface area contributed by atoms with Crippen molar-refractivity contribution in [1.82, 2.24) is 15.2 Å². The number of carbonyl (C=O) groups is 1. The van der Waals surface area contributed by atoms with Crippen LogP contribution in [0.5, 0.6) is 0 Å². The second-order valence-corrected chi connectivity index (χ2v) is 7.80. The number of carbonyl (C=O) groups excluding carboxylic acids is 1. The van der Waals surface area contributed by atoms with Gasteiger partial charge in [0.05, 0.1) is 11.1 Å². The van der Waals surface area contributed by atoms with Gasteiger partial charge < -0.3 is 5.32 Å². The molecular formula is C22H27N3O. The number of likely N-dealkylation sites (tertiary alicyclic amines) is 1. The van der Waals surface area contributed by atoms with Crippen molar-refractivity contribution in [3.05, 3.63) is 65.5 Å². The number of nitrogens with one attached hydrogen (secondary N) is 1. The summed E-state index contributed by atoms with van der Waals surface area (Å²) in [4.78, 5) is 19.8. The van der Waals surface area contributed by atoms with Crippen molar-refractivity contribution in [2.75, 3.05) is 13.1 Å². The summed E-state index contributed by atoms with van der Waals surface area (Å²) in [5, 5.41) is 3.34. The first-order valence-electron chi connectivity index (χ1n) is 9.66. The molecule has 1 N–H and O–H groups in total. The Morgan fingerprint density at radius 3 is 2.65 bits per heavy atom. The molecule has 4 nitrogen and oxygen atoms in total. The second kappa shape index (κ2) is 7.20. The van der Waals surface area contributed by atoms with E-state index in [1.165, 1.54) is 11.1 Å². The molecular weight excluding hydrogens is 322 g/mol. The number of piperidine rings is 1.